The summed E-state index contributed by atoms with van der Waals surface area (Å²) in [5.41, 5.74) is 1.07. The van der Waals surface area contributed by atoms with Gasteiger partial charge in [-0.05, 0) is 18.9 Å². The molecule has 0 aromatic carbocycles. The molecule has 0 bridgehead atoms. The van der Waals surface area contributed by atoms with E-state index in [1.165, 1.54) is 12.8 Å². The molecule has 1 unspecified atom stereocenters. The van der Waals surface area contributed by atoms with Gasteiger partial charge in [0.2, 0.25) is 5.88 Å². The summed E-state index contributed by atoms with van der Waals surface area (Å²) >= 11 is 0. The van der Waals surface area contributed by atoms with Crippen molar-refractivity contribution < 1.29 is 4.74 Å². The first-order valence-electron chi connectivity index (χ1n) is 5.56. The van der Waals surface area contributed by atoms with Gasteiger partial charge in [-0.1, -0.05) is 20.3 Å². The Morgan fingerprint density at radius 1 is 1.40 bits per heavy atom. The summed E-state index contributed by atoms with van der Waals surface area (Å²) < 4.78 is 5.01. The summed E-state index contributed by atoms with van der Waals surface area (Å²) in [6.45, 7) is 4.40. The van der Waals surface area contributed by atoms with Crippen molar-refractivity contribution in [2.75, 3.05) is 12.4 Å². The summed E-state index contributed by atoms with van der Waals surface area (Å²) in [5, 5.41) is 3.46. The average molecular weight is 208 g/mol. The number of pyridine rings is 1. The second-order valence-corrected chi connectivity index (χ2v) is 3.63. The van der Waals surface area contributed by atoms with Gasteiger partial charge in [0.05, 0.1) is 19.0 Å². The number of hydrogen-bond acceptors (Lipinski definition) is 3. The van der Waals surface area contributed by atoms with Crippen molar-refractivity contribution in [2.24, 2.45) is 0 Å². The minimum Gasteiger partial charge on any atom is -0.481 e. The summed E-state index contributed by atoms with van der Waals surface area (Å²) in [6.07, 6.45) is 5.36. The lowest BCUT2D eigenvalue weighted by molar-refractivity contribution is 0.398. The molecule has 0 fully saturated rings. The standard InChI is InChI=1S/C12H20N2O/c1-4-6-10(5-2)14-11-7-8-12(15-3)13-9-11/h7-10,14H,4-6H2,1-3H3. The van der Waals surface area contributed by atoms with Gasteiger partial charge in [0, 0.05) is 12.1 Å². The van der Waals surface area contributed by atoms with Crippen LogP contribution in [-0.4, -0.2) is 18.1 Å². The van der Waals surface area contributed by atoms with E-state index >= 15 is 0 Å². The molecule has 1 heterocycles. The zero-order chi connectivity index (χ0) is 11.1. The van der Waals surface area contributed by atoms with Crippen molar-refractivity contribution >= 4 is 5.69 Å². The third-order valence-corrected chi connectivity index (χ3v) is 2.45. The zero-order valence-corrected chi connectivity index (χ0v) is 9.79. The lowest BCUT2D eigenvalue weighted by atomic mass is 10.1. The SMILES string of the molecule is CCCC(CC)Nc1ccc(OC)nc1. The number of rotatable bonds is 6. The molecule has 0 saturated heterocycles. The molecule has 1 rings (SSSR count). The first kappa shape index (κ1) is 11.8. The quantitative estimate of drug-likeness (QED) is 0.780. The van der Waals surface area contributed by atoms with Gasteiger partial charge in [-0.15, -0.1) is 0 Å². The summed E-state index contributed by atoms with van der Waals surface area (Å²) in [4.78, 5) is 4.16. The molecular formula is C12H20N2O. The minimum absolute atomic E-state index is 0.546. The van der Waals surface area contributed by atoms with Gasteiger partial charge in [0.1, 0.15) is 0 Å². The normalized spacial score (nSPS) is 12.2. The fourth-order valence-electron chi connectivity index (χ4n) is 1.55. The number of ether oxygens (including phenoxy) is 1. The maximum atomic E-state index is 5.01. The van der Waals surface area contributed by atoms with Gasteiger partial charge in [-0.2, -0.15) is 0 Å². The van der Waals surface area contributed by atoms with Crippen LogP contribution in [0.25, 0.3) is 0 Å². The highest BCUT2D eigenvalue weighted by atomic mass is 16.5. The van der Waals surface area contributed by atoms with Gasteiger partial charge in [0.15, 0.2) is 0 Å². The number of aromatic nitrogens is 1. The molecule has 0 aliphatic heterocycles. The Labute approximate surface area is 91.9 Å². The van der Waals surface area contributed by atoms with E-state index in [1.54, 1.807) is 7.11 Å². The molecule has 84 valence electrons. The molecule has 0 amide bonds. The number of nitrogens with one attached hydrogen (secondary N) is 1. The van der Waals surface area contributed by atoms with E-state index in [9.17, 15) is 0 Å². The molecule has 3 nitrogen and oxygen atoms in total. The van der Waals surface area contributed by atoms with Crippen LogP contribution >= 0.6 is 0 Å². The van der Waals surface area contributed by atoms with Crippen molar-refractivity contribution in [1.82, 2.24) is 4.98 Å². The Hall–Kier alpha value is -1.25. The van der Waals surface area contributed by atoms with E-state index in [0.29, 0.717) is 11.9 Å². The van der Waals surface area contributed by atoms with Gasteiger partial charge in [0.25, 0.3) is 0 Å². The third kappa shape index (κ3) is 3.78. The summed E-state index contributed by atoms with van der Waals surface area (Å²) in [7, 11) is 1.63. The van der Waals surface area contributed by atoms with Crippen LogP contribution in [0.1, 0.15) is 33.1 Å². The van der Waals surface area contributed by atoms with Crippen molar-refractivity contribution in [1.29, 1.82) is 0 Å². The second kappa shape index (κ2) is 6.27. The molecule has 15 heavy (non-hydrogen) atoms. The van der Waals surface area contributed by atoms with E-state index in [4.69, 9.17) is 4.74 Å². The highest BCUT2D eigenvalue weighted by molar-refractivity contribution is 5.42. The summed E-state index contributed by atoms with van der Waals surface area (Å²) in [6, 6.07) is 4.43. The maximum Gasteiger partial charge on any atom is 0.213 e. The molecule has 1 aromatic rings. The minimum atomic E-state index is 0.546. The van der Waals surface area contributed by atoms with Crippen LogP contribution in [0.5, 0.6) is 5.88 Å². The van der Waals surface area contributed by atoms with Gasteiger partial charge in [-0.3, -0.25) is 0 Å². The van der Waals surface area contributed by atoms with Crippen LogP contribution in [-0.2, 0) is 0 Å². The number of anilines is 1. The lowest BCUT2D eigenvalue weighted by Crippen LogP contribution is -2.17. The maximum absolute atomic E-state index is 5.01. The third-order valence-electron chi connectivity index (χ3n) is 2.45. The first-order valence-corrected chi connectivity index (χ1v) is 5.56. The van der Waals surface area contributed by atoms with Crippen molar-refractivity contribution in [3.05, 3.63) is 18.3 Å². The number of hydrogen-bond donors (Lipinski definition) is 1. The fraction of sp³-hybridized carbons (Fsp3) is 0.583. The van der Waals surface area contributed by atoms with Gasteiger partial charge < -0.3 is 10.1 Å². The van der Waals surface area contributed by atoms with Crippen LogP contribution in [0.4, 0.5) is 5.69 Å². The summed E-state index contributed by atoms with van der Waals surface area (Å²) in [5.74, 6) is 0.657. The predicted molar refractivity (Wildman–Crippen MR) is 63.4 cm³/mol. The van der Waals surface area contributed by atoms with E-state index in [2.05, 4.69) is 24.1 Å². The van der Waals surface area contributed by atoms with Gasteiger partial charge in [-0.25, -0.2) is 4.98 Å². The zero-order valence-electron chi connectivity index (χ0n) is 9.79. The van der Waals surface area contributed by atoms with E-state index in [-0.39, 0.29) is 0 Å². The van der Waals surface area contributed by atoms with E-state index in [1.807, 2.05) is 18.3 Å². The fourth-order valence-corrected chi connectivity index (χ4v) is 1.55. The molecular weight excluding hydrogens is 188 g/mol. The van der Waals surface area contributed by atoms with Crippen LogP contribution < -0.4 is 10.1 Å². The molecule has 1 atom stereocenters. The molecule has 0 saturated carbocycles. The lowest BCUT2D eigenvalue weighted by Gasteiger charge is -2.17. The van der Waals surface area contributed by atoms with E-state index < -0.39 is 0 Å². The predicted octanol–water partition coefficient (Wildman–Crippen LogP) is 3.08. The largest absolute Gasteiger partial charge is 0.481 e. The van der Waals surface area contributed by atoms with Crippen LogP contribution in [0.15, 0.2) is 18.3 Å². The highest BCUT2D eigenvalue weighted by Crippen LogP contribution is 2.14. The Balaban J connectivity index is 2.55. The topological polar surface area (TPSA) is 34.1 Å². The Kier molecular flexibility index (Phi) is 4.95. The van der Waals surface area contributed by atoms with Gasteiger partial charge >= 0.3 is 0 Å². The molecule has 0 spiro atoms. The van der Waals surface area contributed by atoms with Crippen molar-refractivity contribution in [3.8, 4) is 5.88 Å². The monoisotopic (exact) mass is 208 g/mol. The molecule has 1 aromatic heterocycles. The van der Waals surface area contributed by atoms with Crippen molar-refractivity contribution in [2.45, 2.75) is 39.2 Å². The molecule has 1 N–H and O–H groups in total. The van der Waals surface area contributed by atoms with E-state index in [0.717, 1.165) is 12.1 Å². The molecule has 0 radical (unpaired) electrons. The number of methoxy groups -OCH3 is 1. The van der Waals surface area contributed by atoms with Crippen LogP contribution in [0.3, 0.4) is 0 Å². The van der Waals surface area contributed by atoms with Crippen molar-refractivity contribution in [3.63, 3.8) is 0 Å². The molecule has 3 heteroatoms. The average Bonchev–Trinajstić information content (AvgIpc) is 2.29. The van der Waals surface area contributed by atoms with Crippen LogP contribution in [0, 0.1) is 0 Å². The smallest absolute Gasteiger partial charge is 0.213 e. The highest BCUT2D eigenvalue weighted by Gasteiger charge is 2.04. The molecule has 0 aliphatic carbocycles. The Bertz CT molecular complexity index is 271. The van der Waals surface area contributed by atoms with Crippen LogP contribution in [0.2, 0.25) is 0 Å². The Morgan fingerprint density at radius 2 is 2.20 bits per heavy atom. The molecule has 0 aliphatic rings. The first-order chi connectivity index (χ1) is 7.30. The number of nitrogens with zero attached hydrogens (tertiary/aromatic N) is 1. The Morgan fingerprint density at radius 3 is 2.67 bits per heavy atom. The second-order valence-electron chi connectivity index (χ2n) is 3.63.